The van der Waals surface area contributed by atoms with Crippen LogP contribution >= 0.6 is 0 Å². The van der Waals surface area contributed by atoms with Crippen molar-refractivity contribution in [2.45, 2.75) is 31.8 Å². The maximum Gasteiger partial charge on any atom is 0.227 e. The Bertz CT molecular complexity index is 626. The number of pyridine rings is 1. The van der Waals surface area contributed by atoms with Crippen LogP contribution in [0.4, 0.5) is 4.39 Å². The Balaban J connectivity index is 1.72. The molecular formula is C17H17FN2O. The van der Waals surface area contributed by atoms with Crippen LogP contribution in [0, 0.1) is 5.82 Å². The molecular weight excluding hydrogens is 267 g/mol. The summed E-state index contributed by atoms with van der Waals surface area (Å²) in [5, 5.41) is 0. The van der Waals surface area contributed by atoms with Gasteiger partial charge in [-0.15, -0.1) is 0 Å². The Morgan fingerprint density at radius 1 is 1.24 bits per heavy atom. The third-order valence-electron chi connectivity index (χ3n) is 3.68. The molecule has 1 aromatic heterocycles. The third-order valence-corrected chi connectivity index (χ3v) is 3.68. The first-order valence-electron chi connectivity index (χ1n) is 7.16. The van der Waals surface area contributed by atoms with Gasteiger partial charge in [-0.1, -0.05) is 24.3 Å². The number of carbonyl (C=O) groups is 1. The normalized spacial score (nSPS) is 14.0. The lowest BCUT2D eigenvalue weighted by Crippen LogP contribution is -2.34. The molecule has 1 aliphatic carbocycles. The molecule has 0 N–H and O–H groups in total. The van der Waals surface area contributed by atoms with Crippen molar-refractivity contribution in [1.82, 2.24) is 9.88 Å². The highest BCUT2D eigenvalue weighted by Gasteiger charge is 2.32. The minimum Gasteiger partial charge on any atom is -0.335 e. The second kappa shape index (κ2) is 6.04. The zero-order valence-corrected chi connectivity index (χ0v) is 11.7. The molecule has 4 heteroatoms. The van der Waals surface area contributed by atoms with Gasteiger partial charge in [0.25, 0.3) is 0 Å². The van der Waals surface area contributed by atoms with Crippen molar-refractivity contribution in [3.8, 4) is 0 Å². The lowest BCUT2D eigenvalue weighted by molar-refractivity contribution is -0.131. The van der Waals surface area contributed by atoms with E-state index in [1.807, 2.05) is 17.0 Å². The third kappa shape index (κ3) is 3.45. The Hall–Kier alpha value is -2.23. The average molecular weight is 284 g/mol. The van der Waals surface area contributed by atoms with Gasteiger partial charge in [0.1, 0.15) is 5.82 Å². The second-order valence-corrected chi connectivity index (χ2v) is 5.38. The Labute approximate surface area is 123 Å². The zero-order chi connectivity index (χ0) is 14.7. The van der Waals surface area contributed by atoms with Crippen molar-refractivity contribution in [2.24, 2.45) is 0 Å². The number of rotatable bonds is 5. The van der Waals surface area contributed by atoms with Gasteiger partial charge in [0.05, 0.1) is 6.42 Å². The molecule has 3 rings (SSSR count). The predicted octanol–water partition coefficient (Wildman–Crippen LogP) is 2.95. The second-order valence-electron chi connectivity index (χ2n) is 5.38. The number of hydrogen-bond acceptors (Lipinski definition) is 2. The molecule has 1 aromatic carbocycles. The first-order chi connectivity index (χ1) is 10.2. The number of amides is 1. The zero-order valence-electron chi connectivity index (χ0n) is 11.7. The molecule has 0 radical (unpaired) electrons. The molecule has 0 atom stereocenters. The summed E-state index contributed by atoms with van der Waals surface area (Å²) in [6.45, 7) is 0.547. The number of hydrogen-bond donors (Lipinski definition) is 0. The summed E-state index contributed by atoms with van der Waals surface area (Å²) in [5.74, 6) is -0.338. The Kier molecular flexibility index (Phi) is 3.95. The first kappa shape index (κ1) is 13.7. The van der Waals surface area contributed by atoms with Crippen LogP contribution in [0.3, 0.4) is 0 Å². The summed E-state index contributed by atoms with van der Waals surface area (Å²) >= 11 is 0. The van der Waals surface area contributed by atoms with Crippen LogP contribution in [0.25, 0.3) is 0 Å². The fourth-order valence-electron chi connectivity index (χ4n) is 2.40. The van der Waals surface area contributed by atoms with Gasteiger partial charge in [0.15, 0.2) is 0 Å². The van der Waals surface area contributed by atoms with Crippen LogP contribution in [0.5, 0.6) is 0 Å². The van der Waals surface area contributed by atoms with Crippen molar-refractivity contribution < 1.29 is 9.18 Å². The topological polar surface area (TPSA) is 33.2 Å². The van der Waals surface area contributed by atoms with Crippen LogP contribution in [-0.4, -0.2) is 21.8 Å². The first-order valence-corrected chi connectivity index (χ1v) is 7.16. The van der Waals surface area contributed by atoms with Crippen LogP contribution in [0.15, 0.2) is 48.8 Å². The van der Waals surface area contributed by atoms with Gasteiger partial charge in [0.2, 0.25) is 5.91 Å². The summed E-state index contributed by atoms with van der Waals surface area (Å²) in [6, 6.07) is 10.6. The van der Waals surface area contributed by atoms with E-state index in [0.717, 1.165) is 18.4 Å². The molecule has 1 fully saturated rings. The average Bonchev–Trinajstić information content (AvgIpc) is 3.33. The number of benzene rings is 1. The maximum atomic E-state index is 13.7. The van der Waals surface area contributed by atoms with Crippen molar-refractivity contribution in [2.75, 3.05) is 0 Å². The molecule has 21 heavy (non-hydrogen) atoms. The molecule has 2 aromatic rings. The van der Waals surface area contributed by atoms with Crippen LogP contribution in [-0.2, 0) is 17.8 Å². The lowest BCUT2D eigenvalue weighted by Gasteiger charge is -2.22. The summed E-state index contributed by atoms with van der Waals surface area (Å²) < 4.78 is 13.7. The van der Waals surface area contributed by atoms with E-state index in [4.69, 9.17) is 0 Å². The number of nitrogens with zero attached hydrogens (tertiary/aromatic N) is 2. The van der Waals surface area contributed by atoms with E-state index >= 15 is 0 Å². The minimum atomic E-state index is -0.317. The molecule has 0 bridgehead atoms. The van der Waals surface area contributed by atoms with Gasteiger partial charge in [0, 0.05) is 25.0 Å². The fraction of sp³-hybridized carbons (Fsp3) is 0.294. The molecule has 1 saturated carbocycles. The van der Waals surface area contributed by atoms with Gasteiger partial charge >= 0.3 is 0 Å². The van der Waals surface area contributed by atoms with Crippen molar-refractivity contribution >= 4 is 5.91 Å². The van der Waals surface area contributed by atoms with E-state index in [2.05, 4.69) is 4.98 Å². The monoisotopic (exact) mass is 284 g/mol. The number of carbonyl (C=O) groups excluding carboxylic acids is 1. The Morgan fingerprint density at radius 3 is 2.71 bits per heavy atom. The largest absolute Gasteiger partial charge is 0.335 e. The van der Waals surface area contributed by atoms with E-state index < -0.39 is 0 Å². The van der Waals surface area contributed by atoms with E-state index in [9.17, 15) is 9.18 Å². The molecule has 3 nitrogen and oxygen atoms in total. The molecule has 1 heterocycles. The highest BCUT2D eigenvalue weighted by molar-refractivity contribution is 5.79. The van der Waals surface area contributed by atoms with Crippen LogP contribution < -0.4 is 0 Å². The highest BCUT2D eigenvalue weighted by Crippen LogP contribution is 2.29. The SMILES string of the molecule is O=C(Cc1ccccc1F)N(Cc1cccnc1)C1CC1. The summed E-state index contributed by atoms with van der Waals surface area (Å²) in [4.78, 5) is 18.4. The molecule has 0 unspecified atom stereocenters. The lowest BCUT2D eigenvalue weighted by atomic mass is 10.1. The van der Waals surface area contributed by atoms with E-state index in [0.29, 0.717) is 18.2 Å². The quantitative estimate of drug-likeness (QED) is 0.845. The predicted molar refractivity (Wildman–Crippen MR) is 77.9 cm³/mol. The molecule has 108 valence electrons. The highest BCUT2D eigenvalue weighted by atomic mass is 19.1. The molecule has 0 saturated heterocycles. The fourth-order valence-corrected chi connectivity index (χ4v) is 2.40. The van der Waals surface area contributed by atoms with Gasteiger partial charge in [-0.3, -0.25) is 9.78 Å². The van der Waals surface area contributed by atoms with E-state index in [1.54, 1.807) is 30.6 Å². The smallest absolute Gasteiger partial charge is 0.227 e. The van der Waals surface area contributed by atoms with Gasteiger partial charge in [-0.25, -0.2) is 4.39 Å². The molecule has 1 aliphatic rings. The van der Waals surface area contributed by atoms with Crippen LogP contribution in [0.1, 0.15) is 24.0 Å². The van der Waals surface area contributed by atoms with E-state index in [1.165, 1.54) is 6.07 Å². The summed E-state index contributed by atoms with van der Waals surface area (Å²) in [7, 11) is 0. The molecule has 0 spiro atoms. The van der Waals surface area contributed by atoms with Crippen LogP contribution in [0.2, 0.25) is 0 Å². The van der Waals surface area contributed by atoms with Crippen molar-refractivity contribution in [1.29, 1.82) is 0 Å². The number of halogens is 1. The van der Waals surface area contributed by atoms with Crippen molar-refractivity contribution in [3.05, 3.63) is 65.7 Å². The molecule has 0 aliphatic heterocycles. The Morgan fingerprint density at radius 2 is 2.05 bits per heavy atom. The van der Waals surface area contributed by atoms with E-state index in [-0.39, 0.29) is 18.1 Å². The minimum absolute atomic E-state index is 0.0218. The van der Waals surface area contributed by atoms with Gasteiger partial charge in [-0.2, -0.15) is 0 Å². The number of aromatic nitrogens is 1. The van der Waals surface area contributed by atoms with Crippen molar-refractivity contribution in [3.63, 3.8) is 0 Å². The summed E-state index contributed by atoms with van der Waals surface area (Å²) in [5.41, 5.74) is 1.46. The summed E-state index contributed by atoms with van der Waals surface area (Å²) in [6.07, 6.45) is 5.66. The maximum absolute atomic E-state index is 13.7. The molecule has 1 amide bonds. The van der Waals surface area contributed by atoms with Gasteiger partial charge in [-0.05, 0) is 36.1 Å². The standard InChI is InChI=1S/C17H17FN2O/c18-16-6-2-1-5-14(16)10-17(21)20(15-7-8-15)12-13-4-3-9-19-11-13/h1-6,9,11,15H,7-8,10,12H2. The van der Waals surface area contributed by atoms with Gasteiger partial charge < -0.3 is 4.90 Å².